The lowest BCUT2D eigenvalue weighted by atomic mass is 10.2. The molecule has 1 aromatic carbocycles. The van der Waals surface area contributed by atoms with E-state index in [1.54, 1.807) is 12.1 Å². The molecular weight excluding hydrogens is 266 g/mol. The van der Waals surface area contributed by atoms with E-state index in [-0.39, 0.29) is 0 Å². The van der Waals surface area contributed by atoms with Crippen molar-refractivity contribution in [3.63, 3.8) is 0 Å². The Morgan fingerprint density at radius 1 is 1.12 bits per heavy atom. The van der Waals surface area contributed by atoms with Crippen molar-refractivity contribution in [2.75, 3.05) is 0 Å². The van der Waals surface area contributed by atoms with Gasteiger partial charge in [-0.1, -0.05) is 41.7 Å². The summed E-state index contributed by atoms with van der Waals surface area (Å²) < 4.78 is 0. The smallest absolute Gasteiger partial charge is 0.140 e. The second kappa shape index (κ2) is 4.74. The third-order valence-electron chi connectivity index (χ3n) is 2.19. The molecule has 0 aliphatic rings. The van der Waals surface area contributed by atoms with Crippen LogP contribution in [0.1, 0.15) is 19.2 Å². The average Bonchev–Trinajstić information content (AvgIpc) is 2.20. The molecule has 16 heavy (non-hydrogen) atoms. The fourth-order valence-corrected chi connectivity index (χ4v) is 2.28. The maximum atomic E-state index is 6.07. The third kappa shape index (κ3) is 2.24. The molecule has 0 fully saturated rings. The number of hydrogen-bond donors (Lipinski definition) is 0. The summed E-state index contributed by atoms with van der Waals surface area (Å²) in [5.74, 6) is 0.712. The number of aryl methyl sites for hydroxylation is 1. The molecule has 1 heterocycles. The molecule has 0 amide bonds. The summed E-state index contributed by atoms with van der Waals surface area (Å²) in [4.78, 5) is 8.59. The molecule has 2 nitrogen and oxygen atoms in total. The lowest BCUT2D eigenvalue weighted by Gasteiger charge is -2.05. The SMILES string of the molecule is CCCc1nc(Cl)c2cc(Cl)cc(Cl)c2n1. The van der Waals surface area contributed by atoms with E-state index in [2.05, 4.69) is 16.9 Å². The van der Waals surface area contributed by atoms with Crippen LogP contribution in [0.15, 0.2) is 12.1 Å². The van der Waals surface area contributed by atoms with E-state index in [9.17, 15) is 0 Å². The van der Waals surface area contributed by atoms with Crippen molar-refractivity contribution in [2.24, 2.45) is 0 Å². The van der Waals surface area contributed by atoms with Gasteiger partial charge in [-0.25, -0.2) is 9.97 Å². The summed E-state index contributed by atoms with van der Waals surface area (Å²) >= 11 is 18.0. The third-order valence-corrected chi connectivity index (χ3v) is 2.99. The Morgan fingerprint density at radius 3 is 2.56 bits per heavy atom. The van der Waals surface area contributed by atoms with E-state index in [0.717, 1.165) is 12.8 Å². The van der Waals surface area contributed by atoms with Crippen molar-refractivity contribution in [1.82, 2.24) is 9.97 Å². The van der Waals surface area contributed by atoms with Crippen molar-refractivity contribution in [3.8, 4) is 0 Å². The van der Waals surface area contributed by atoms with Gasteiger partial charge in [0.05, 0.1) is 10.5 Å². The Hall–Kier alpha value is -0.570. The number of aromatic nitrogens is 2. The standard InChI is InChI=1S/C11H9Cl3N2/c1-2-3-9-15-10-7(11(14)16-9)4-6(12)5-8(10)13/h4-5H,2-3H2,1H3. The van der Waals surface area contributed by atoms with Crippen LogP contribution < -0.4 is 0 Å². The van der Waals surface area contributed by atoms with E-state index >= 15 is 0 Å². The topological polar surface area (TPSA) is 25.8 Å². The predicted octanol–water partition coefficient (Wildman–Crippen LogP) is 4.54. The molecule has 0 N–H and O–H groups in total. The highest BCUT2D eigenvalue weighted by molar-refractivity contribution is 6.40. The number of halogens is 3. The van der Waals surface area contributed by atoms with Gasteiger partial charge in [-0.05, 0) is 18.6 Å². The van der Waals surface area contributed by atoms with Crippen LogP contribution in [-0.4, -0.2) is 9.97 Å². The van der Waals surface area contributed by atoms with Crippen molar-refractivity contribution in [3.05, 3.63) is 33.2 Å². The molecule has 0 atom stereocenters. The van der Waals surface area contributed by atoms with Gasteiger partial charge in [0, 0.05) is 16.8 Å². The first kappa shape index (κ1) is 11.9. The molecule has 2 rings (SSSR count). The van der Waals surface area contributed by atoms with Gasteiger partial charge < -0.3 is 0 Å². The Labute approximate surface area is 109 Å². The Kier molecular flexibility index (Phi) is 3.53. The summed E-state index contributed by atoms with van der Waals surface area (Å²) in [5, 5.41) is 2.13. The highest BCUT2D eigenvalue weighted by Crippen LogP contribution is 2.30. The minimum atomic E-state index is 0.401. The molecule has 5 heteroatoms. The molecule has 84 valence electrons. The monoisotopic (exact) mass is 274 g/mol. The van der Waals surface area contributed by atoms with Crippen LogP contribution in [-0.2, 0) is 6.42 Å². The molecule has 1 aromatic heterocycles. The lowest BCUT2D eigenvalue weighted by molar-refractivity contribution is 0.844. The summed E-state index contributed by atoms with van der Waals surface area (Å²) in [5.41, 5.74) is 0.662. The van der Waals surface area contributed by atoms with Crippen LogP contribution in [0.4, 0.5) is 0 Å². The van der Waals surface area contributed by atoms with Gasteiger partial charge in [-0.15, -0.1) is 0 Å². The number of nitrogens with zero attached hydrogens (tertiary/aromatic N) is 2. The van der Waals surface area contributed by atoms with Gasteiger partial charge in [0.15, 0.2) is 0 Å². The summed E-state index contributed by atoms with van der Waals surface area (Å²) in [7, 11) is 0. The zero-order chi connectivity index (χ0) is 11.7. The fraction of sp³-hybridized carbons (Fsp3) is 0.273. The van der Waals surface area contributed by atoms with E-state index in [0.29, 0.717) is 31.9 Å². The maximum absolute atomic E-state index is 6.07. The number of hydrogen-bond acceptors (Lipinski definition) is 2. The fourth-order valence-electron chi connectivity index (χ4n) is 1.50. The van der Waals surface area contributed by atoms with Crippen molar-refractivity contribution >= 4 is 45.7 Å². The van der Waals surface area contributed by atoms with Gasteiger partial charge in [-0.2, -0.15) is 0 Å². The van der Waals surface area contributed by atoms with Gasteiger partial charge in [-0.3, -0.25) is 0 Å². The van der Waals surface area contributed by atoms with Crippen molar-refractivity contribution in [1.29, 1.82) is 0 Å². The predicted molar refractivity (Wildman–Crippen MR) is 68.6 cm³/mol. The Bertz CT molecular complexity index is 540. The van der Waals surface area contributed by atoms with E-state index in [4.69, 9.17) is 34.8 Å². The molecule has 0 aliphatic heterocycles. The number of benzene rings is 1. The van der Waals surface area contributed by atoms with E-state index < -0.39 is 0 Å². The van der Waals surface area contributed by atoms with Crippen LogP contribution >= 0.6 is 34.8 Å². The number of fused-ring (bicyclic) bond motifs is 1. The molecular formula is C11H9Cl3N2. The molecule has 2 aromatic rings. The molecule has 0 saturated heterocycles. The second-order valence-corrected chi connectivity index (χ2v) is 4.67. The first-order chi connectivity index (χ1) is 7.61. The highest BCUT2D eigenvalue weighted by Gasteiger charge is 2.09. The van der Waals surface area contributed by atoms with Crippen LogP contribution in [0.5, 0.6) is 0 Å². The average molecular weight is 276 g/mol. The largest absolute Gasteiger partial charge is 0.231 e. The van der Waals surface area contributed by atoms with Gasteiger partial charge >= 0.3 is 0 Å². The summed E-state index contributed by atoms with van der Waals surface area (Å²) in [6.07, 6.45) is 1.75. The van der Waals surface area contributed by atoms with Gasteiger partial charge in [0.1, 0.15) is 11.0 Å². The quantitative estimate of drug-likeness (QED) is 0.752. The molecule has 0 saturated carbocycles. The van der Waals surface area contributed by atoms with E-state index in [1.165, 1.54) is 0 Å². The maximum Gasteiger partial charge on any atom is 0.140 e. The first-order valence-corrected chi connectivity index (χ1v) is 6.06. The zero-order valence-corrected chi connectivity index (χ0v) is 10.9. The normalized spacial score (nSPS) is 11.0. The van der Waals surface area contributed by atoms with Crippen LogP contribution in [0.3, 0.4) is 0 Å². The summed E-state index contributed by atoms with van der Waals surface area (Å²) in [6.45, 7) is 2.06. The molecule has 0 radical (unpaired) electrons. The number of rotatable bonds is 2. The minimum Gasteiger partial charge on any atom is -0.231 e. The highest BCUT2D eigenvalue weighted by atomic mass is 35.5. The van der Waals surface area contributed by atoms with Crippen molar-refractivity contribution < 1.29 is 0 Å². The van der Waals surface area contributed by atoms with E-state index in [1.807, 2.05) is 0 Å². The zero-order valence-electron chi connectivity index (χ0n) is 8.60. The molecule has 0 spiro atoms. The molecule has 0 bridgehead atoms. The Balaban J connectivity index is 2.71. The van der Waals surface area contributed by atoms with Crippen LogP contribution in [0, 0.1) is 0 Å². The van der Waals surface area contributed by atoms with Crippen molar-refractivity contribution in [2.45, 2.75) is 19.8 Å². The lowest BCUT2D eigenvalue weighted by Crippen LogP contribution is -1.96. The Morgan fingerprint density at radius 2 is 1.88 bits per heavy atom. The molecule has 0 aliphatic carbocycles. The second-order valence-electron chi connectivity index (χ2n) is 3.46. The first-order valence-electron chi connectivity index (χ1n) is 4.93. The molecule has 0 unspecified atom stereocenters. The van der Waals surface area contributed by atoms with Gasteiger partial charge in [0.25, 0.3) is 0 Å². The summed E-state index contributed by atoms with van der Waals surface area (Å²) in [6, 6.07) is 3.38. The minimum absolute atomic E-state index is 0.401. The van der Waals surface area contributed by atoms with Crippen LogP contribution in [0.2, 0.25) is 15.2 Å². The van der Waals surface area contributed by atoms with Crippen LogP contribution in [0.25, 0.3) is 10.9 Å². The van der Waals surface area contributed by atoms with Gasteiger partial charge in [0.2, 0.25) is 0 Å².